The van der Waals surface area contributed by atoms with Crippen LogP contribution in [0.5, 0.6) is 5.06 Å². The third kappa shape index (κ3) is 1.41. The van der Waals surface area contributed by atoms with Crippen molar-refractivity contribution in [1.82, 2.24) is 0 Å². The van der Waals surface area contributed by atoms with Gasteiger partial charge in [0.15, 0.2) is 11.3 Å². The first-order valence-corrected chi connectivity index (χ1v) is 3.34. The zero-order valence-electron chi connectivity index (χ0n) is 4.94. The maximum absolute atomic E-state index is 10.1. The summed E-state index contributed by atoms with van der Waals surface area (Å²) in [5.41, 5.74) is 0. The van der Waals surface area contributed by atoms with Gasteiger partial charge in [-0.25, -0.2) is 0 Å². The molecule has 0 fully saturated rings. The number of aldehydes is 1. The van der Waals surface area contributed by atoms with Crippen LogP contribution in [-0.2, 0) is 4.79 Å². The number of hydrogen-bond donors (Lipinski definition) is 0. The summed E-state index contributed by atoms with van der Waals surface area (Å²) in [7, 11) is 0. The third-order valence-electron chi connectivity index (χ3n) is 0.883. The maximum Gasteiger partial charge on any atom is 0.299 e. The molecule has 10 heavy (non-hydrogen) atoms. The normalized spacial score (nSPS) is 8.80. The van der Waals surface area contributed by atoms with Gasteiger partial charge in [0, 0.05) is 0 Å². The van der Waals surface area contributed by atoms with E-state index < -0.39 is 0 Å². The minimum atomic E-state index is 0.334. The van der Waals surface area contributed by atoms with Gasteiger partial charge >= 0.3 is 0 Å². The number of hydrogen-bond acceptors (Lipinski definition) is 4. The van der Waals surface area contributed by atoms with Gasteiger partial charge < -0.3 is 4.74 Å². The SMILES string of the molecule is O=COc1ccc(C=O)s1. The second-order valence-corrected chi connectivity index (χ2v) is 2.57. The lowest BCUT2D eigenvalue weighted by Crippen LogP contribution is -1.82. The summed E-state index contributed by atoms with van der Waals surface area (Å²) in [6.45, 7) is 0.334. The molecule has 0 amide bonds. The van der Waals surface area contributed by atoms with Crippen molar-refractivity contribution in [2.24, 2.45) is 0 Å². The van der Waals surface area contributed by atoms with Crippen molar-refractivity contribution in [3.8, 4) is 5.06 Å². The summed E-state index contributed by atoms with van der Waals surface area (Å²) in [6, 6.07) is 3.17. The van der Waals surface area contributed by atoms with Crippen LogP contribution in [0.1, 0.15) is 9.67 Å². The molecule has 0 unspecified atom stereocenters. The summed E-state index contributed by atoms with van der Waals surface area (Å²) in [6.07, 6.45) is 0.711. The number of thiophene rings is 1. The highest BCUT2D eigenvalue weighted by Crippen LogP contribution is 2.21. The highest BCUT2D eigenvalue weighted by Gasteiger charge is 1.97. The molecule has 0 saturated carbocycles. The summed E-state index contributed by atoms with van der Waals surface area (Å²) in [5, 5.41) is 0.442. The highest BCUT2D eigenvalue weighted by molar-refractivity contribution is 7.15. The van der Waals surface area contributed by atoms with Crippen LogP contribution >= 0.6 is 11.3 Å². The third-order valence-corrected chi connectivity index (χ3v) is 1.78. The summed E-state index contributed by atoms with van der Waals surface area (Å²) >= 11 is 1.14. The van der Waals surface area contributed by atoms with Crippen LogP contribution in [0.25, 0.3) is 0 Å². The van der Waals surface area contributed by atoms with E-state index in [0.717, 1.165) is 11.3 Å². The fourth-order valence-corrected chi connectivity index (χ4v) is 1.15. The largest absolute Gasteiger partial charge is 0.418 e. The summed E-state index contributed by atoms with van der Waals surface area (Å²) < 4.78 is 4.47. The van der Waals surface area contributed by atoms with Crippen LogP contribution in [0, 0.1) is 0 Å². The Morgan fingerprint density at radius 1 is 1.40 bits per heavy atom. The van der Waals surface area contributed by atoms with Crippen molar-refractivity contribution < 1.29 is 14.3 Å². The van der Waals surface area contributed by atoms with Crippen molar-refractivity contribution in [1.29, 1.82) is 0 Å². The quantitative estimate of drug-likeness (QED) is 0.615. The van der Waals surface area contributed by atoms with Crippen molar-refractivity contribution in [3.63, 3.8) is 0 Å². The molecule has 0 aliphatic rings. The van der Waals surface area contributed by atoms with E-state index >= 15 is 0 Å². The molecule has 1 aromatic heterocycles. The van der Waals surface area contributed by atoms with Crippen molar-refractivity contribution in [2.45, 2.75) is 0 Å². The predicted octanol–water partition coefficient (Wildman–Crippen LogP) is 1.10. The average Bonchev–Trinajstić information content (AvgIpc) is 2.37. The standard InChI is InChI=1S/C6H4O3S/c7-3-5-1-2-6(10-5)9-4-8/h1-4H. The molecule has 0 atom stereocenters. The molecule has 0 bridgehead atoms. The van der Waals surface area contributed by atoms with Gasteiger partial charge in [-0.15, -0.1) is 0 Å². The van der Waals surface area contributed by atoms with Crippen molar-refractivity contribution in [2.75, 3.05) is 0 Å². The Kier molecular flexibility index (Phi) is 2.17. The molecule has 0 N–H and O–H groups in total. The van der Waals surface area contributed by atoms with E-state index in [9.17, 15) is 9.59 Å². The Bertz CT molecular complexity index is 241. The zero-order chi connectivity index (χ0) is 7.40. The molecule has 1 heterocycles. The van der Waals surface area contributed by atoms with Gasteiger partial charge in [-0.3, -0.25) is 9.59 Å². The number of carbonyl (C=O) groups is 2. The van der Waals surface area contributed by atoms with E-state index in [0.29, 0.717) is 22.7 Å². The second-order valence-electron chi connectivity index (χ2n) is 1.49. The van der Waals surface area contributed by atoms with Crippen molar-refractivity contribution in [3.05, 3.63) is 17.0 Å². The van der Waals surface area contributed by atoms with Gasteiger partial charge in [-0.2, -0.15) is 0 Å². The maximum atomic E-state index is 10.1. The fourth-order valence-electron chi connectivity index (χ4n) is 0.508. The topological polar surface area (TPSA) is 43.4 Å². The Morgan fingerprint density at radius 2 is 2.20 bits per heavy atom. The van der Waals surface area contributed by atoms with Gasteiger partial charge in [0.05, 0.1) is 4.88 Å². The summed E-state index contributed by atoms with van der Waals surface area (Å²) in [4.78, 5) is 20.4. The van der Waals surface area contributed by atoms with Crippen LogP contribution in [0.15, 0.2) is 12.1 Å². The Balaban J connectivity index is 2.77. The van der Waals surface area contributed by atoms with Gasteiger partial charge in [0.25, 0.3) is 6.47 Å². The second kappa shape index (κ2) is 3.12. The van der Waals surface area contributed by atoms with Crippen molar-refractivity contribution >= 4 is 24.1 Å². The molecule has 0 spiro atoms. The number of rotatable bonds is 3. The van der Waals surface area contributed by atoms with E-state index in [1.165, 1.54) is 0 Å². The van der Waals surface area contributed by atoms with E-state index in [2.05, 4.69) is 4.74 Å². The molecule has 0 radical (unpaired) electrons. The minimum absolute atomic E-state index is 0.334. The molecule has 1 rings (SSSR count). The lowest BCUT2D eigenvalue weighted by Gasteiger charge is -1.85. The smallest absolute Gasteiger partial charge is 0.299 e. The molecule has 4 heteroatoms. The van der Waals surface area contributed by atoms with Crippen LogP contribution in [-0.4, -0.2) is 12.8 Å². The monoisotopic (exact) mass is 156 g/mol. The Hall–Kier alpha value is -1.16. The molecular formula is C6H4O3S. The van der Waals surface area contributed by atoms with Gasteiger partial charge in [-0.1, -0.05) is 11.3 Å². The summed E-state index contributed by atoms with van der Waals surface area (Å²) in [5.74, 6) is 0. The lowest BCUT2D eigenvalue weighted by atomic mass is 10.5. The van der Waals surface area contributed by atoms with Crippen LogP contribution in [0.2, 0.25) is 0 Å². The van der Waals surface area contributed by atoms with Gasteiger partial charge in [-0.05, 0) is 12.1 Å². The Morgan fingerprint density at radius 3 is 2.70 bits per heavy atom. The van der Waals surface area contributed by atoms with E-state index in [1.54, 1.807) is 12.1 Å². The highest BCUT2D eigenvalue weighted by atomic mass is 32.1. The first-order valence-electron chi connectivity index (χ1n) is 2.52. The molecular weight excluding hydrogens is 152 g/mol. The molecule has 0 aromatic carbocycles. The average molecular weight is 156 g/mol. The molecule has 52 valence electrons. The lowest BCUT2D eigenvalue weighted by molar-refractivity contribution is -0.120. The molecule has 0 aliphatic heterocycles. The minimum Gasteiger partial charge on any atom is -0.418 e. The molecule has 0 saturated heterocycles. The first kappa shape index (κ1) is 6.95. The first-order chi connectivity index (χ1) is 4.86. The molecule has 0 aliphatic carbocycles. The number of carbonyl (C=O) groups excluding carboxylic acids is 2. The number of ether oxygens (including phenoxy) is 1. The van der Waals surface area contributed by atoms with E-state index in [-0.39, 0.29) is 0 Å². The van der Waals surface area contributed by atoms with Gasteiger partial charge in [0.1, 0.15) is 0 Å². The molecule has 1 aromatic rings. The van der Waals surface area contributed by atoms with Crippen LogP contribution < -0.4 is 4.74 Å². The van der Waals surface area contributed by atoms with Gasteiger partial charge in [0.2, 0.25) is 0 Å². The van der Waals surface area contributed by atoms with E-state index in [4.69, 9.17) is 0 Å². The van der Waals surface area contributed by atoms with Crippen LogP contribution in [0.4, 0.5) is 0 Å². The Labute approximate surface area is 61.2 Å². The fraction of sp³-hybridized carbons (Fsp3) is 0. The zero-order valence-corrected chi connectivity index (χ0v) is 5.76. The predicted molar refractivity (Wildman–Crippen MR) is 36.4 cm³/mol. The van der Waals surface area contributed by atoms with E-state index in [1.807, 2.05) is 0 Å². The molecule has 3 nitrogen and oxygen atoms in total. The van der Waals surface area contributed by atoms with Crippen LogP contribution in [0.3, 0.4) is 0 Å².